The molecule has 3 nitrogen and oxygen atoms in total. The first kappa shape index (κ1) is 7.73. The van der Waals surface area contributed by atoms with Crippen molar-refractivity contribution in [3.05, 3.63) is 17.7 Å². The van der Waals surface area contributed by atoms with E-state index in [0.29, 0.717) is 13.0 Å². The minimum absolute atomic E-state index is 0.0775. The highest BCUT2D eigenvalue weighted by molar-refractivity contribution is 5.05. The predicted octanol–water partition coefficient (Wildman–Crippen LogP) is 1.09. The van der Waals surface area contributed by atoms with Gasteiger partial charge in [-0.15, -0.1) is 0 Å². The van der Waals surface area contributed by atoms with Crippen LogP contribution in [0.4, 0.5) is 4.39 Å². The summed E-state index contributed by atoms with van der Waals surface area (Å²) in [6.45, 7) is 2.39. The molecule has 1 saturated heterocycles. The Kier molecular flexibility index (Phi) is 1.84. The molecule has 1 aromatic heterocycles. The summed E-state index contributed by atoms with van der Waals surface area (Å²) in [6, 6.07) is 0.0775. The second kappa shape index (κ2) is 2.86. The Bertz CT molecular complexity index is 271. The molecule has 0 saturated carbocycles. The van der Waals surface area contributed by atoms with Gasteiger partial charge in [0.15, 0.2) is 0 Å². The standard InChI is InChI=1S/C8H12FN3/c1-5-3-11-8(12-5)7-2-6(9)4-10-7/h3,6-7,10H,2,4H2,1H3,(H,11,12). The third-order valence-electron chi connectivity index (χ3n) is 2.13. The van der Waals surface area contributed by atoms with Gasteiger partial charge >= 0.3 is 0 Å². The van der Waals surface area contributed by atoms with E-state index in [1.165, 1.54) is 0 Å². The van der Waals surface area contributed by atoms with Crippen LogP contribution in [0.5, 0.6) is 0 Å². The molecule has 4 heteroatoms. The van der Waals surface area contributed by atoms with Crippen LogP contribution < -0.4 is 5.32 Å². The van der Waals surface area contributed by atoms with E-state index in [1.54, 1.807) is 6.20 Å². The number of nitrogens with zero attached hydrogens (tertiary/aromatic N) is 1. The Morgan fingerprint density at radius 2 is 2.50 bits per heavy atom. The zero-order chi connectivity index (χ0) is 8.55. The lowest BCUT2D eigenvalue weighted by Crippen LogP contribution is -2.14. The van der Waals surface area contributed by atoms with E-state index in [0.717, 1.165) is 11.5 Å². The van der Waals surface area contributed by atoms with E-state index in [2.05, 4.69) is 15.3 Å². The first-order valence-electron chi connectivity index (χ1n) is 4.14. The van der Waals surface area contributed by atoms with Crippen molar-refractivity contribution in [2.24, 2.45) is 0 Å². The topological polar surface area (TPSA) is 40.7 Å². The van der Waals surface area contributed by atoms with Crippen molar-refractivity contribution in [1.29, 1.82) is 0 Å². The average Bonchev–Trinajstić information content (AvgIpc) is 2.58. The van der Waals surface area contributed by atoms with Crippen LogP contribution in [0.15, 0.2) is 6.20 Å². The number of aromatic nitrogens is 2. The molecule has 2 heterocycles. The second-order valence-electron chi connectivity index (χ2n) is 3.25. The molecule has 0 aromatic carbocycles. The Morgan fingerprint density at radius 1 is 1.67 bits per heavy atom. The van der Waals surface area contributed by atoms with E-state index in [4.69, 9.17) is 0 Å². The summed E-state index contributed by atoms with van der Waals surface area (Å²) in [6.07, 6.45) is 1.58. The monoisotopic (exact) mass is 169 g/mol. The number of H-pyrrole nitrogens is 1. The molecule has 1 aliphatic heterocycles. The molecule has 2 rings (SSSR count). The Labute approximate surface area is 70.4 Å². The van der Waals surface area contributed by atoms with Crippen molar-refractivity contribution < 1.29 is 4.39 Å². The van der Waals surface area contributed by atoms with Gasteiger partial charge in [0.05, 0.1) is 6.04 Å². The molecule has 66 valence electrons. The summed E-state index contributed by atoms with van der Waals surface area (Å²) in [4.78, 5) is 7.25. The molecule has 0 aliphatic carbocycles. The minimum atomic E-state index is -0.722. The number of alkyl halides is 1. The van der Waals surface area contributed by atoms with Crippen LogP contribution in [0.2, 0.25) is 0 Å². The van der Waals surface area contributed by atoms with Gasteiger partial charge in [-0.1, -0.05) is 0 Å². The number of nitrogens with one attached hydrogen (secondary N) is 2. The molecule has 2 unspecified atom stereocenters. The largest absolute Gasteiger partial charge is 0.345 e. The Morgan fingerprint density at radius 3 is 3.00 bits per heavy atom. The molecule has 2 N–H and O–H groups in total. The number of aromatic amines is 1. The maximum Gasteiger partial charge on any atom is 0.123 e. The van der Waals surface area contributed by atoms with Crippen molar-refractivity contribution in [3.8, 4) is 0 Å². The maximum atomic E-state index is 12.8. The highest BCUT2D eigenvalue weighted by atomic mass is 19.1. The number of aryl methyl sites for hydroxylation is 1. The highest BCUT2D eigenvalue weighted by Gasteiger charge is 2.26. The Hall–Kier alpha value is -0.900. The predicted molar refractivity (Wildman–Crippen MR) is 43.6 cm³/mol. The molecule has 0 bridgehead atoms. The second-order valence-corrected chi connectivity index (χ2v) is 3.25. The van der Waals surface area contributed by atoms with E-state index < -0.39 is 6.17 Å². The van der Waals surface area contributed by atoms with Gasteiger partial charge in [0.2, 0.25) is 0 Å². The summed E-state index contributed by atoms with van der Waals surface area (Å²) < 4.78 is 12.8. The van der Waals surface area contributed by atoms with Crippen LogP contribution >= 0.6 is 0 Å². The van der Waals surface area contributed by atoms with Crippen molar-refractivity contribution in [1.82, 2.24) is 15.3 Å². The molecule has 1 aliphatic rings. The fraction of sp³-hybridized carbons (Fsp3) is 0.625. The molecule has 0 amide bonds. The lowest BCUT2D eigenvalue weighted by atomic mass is 10.2. The van der Waals surface area contributed by atoms with Gasteiger partial charge < -0.3 is 10.3 Å². The van der Waals surface area contributed by atoms with Crippen LogP contribution in [-0.4, -0.2) is 22.7 Å². The van der Waals surface area contributed by atoms with E-state index in [9.17, 15) is 4.39 Å². The van der Waals surface area contributed by atoms with Crippen LogP contribution in [0, 0.1) is 6.92 Å². The lowest BCUT2D eigenvalue weighted by Gasteiger charge is -2.04. The van der Waals surface area contributed by atoms with Gasteiger partial charge in [0.1, 0.15) is 12.0 Å². The van der Waals surface area contributed by atoms with Crippen LogP contribution in [0.3, 0.4) is 0 Å². The van der Waals surface area contributed by atoms with Crippen molar-refractivity contribution in [2.45, 2.75) is 25.6 Å². The van der Waals surface area contributed by atoms with E-state index in [1.807, 2.05) is 6.92 Å². The van der Waals surface area contributed by atoms with Crippen molar-refractivity contribution in [3.63, 3.8) is 0 Å². The summed E-state index contributed by atoms with van der Waals surface area (Å²) in [5.74, 6) is 0.854. The number of hydrogen-bond acceptors (Lipinski definition) is 2. The van der Waals surface area contributed by atoms with Gasteiger partial charge in [-0.2, -0.15) is 0 Å². The highest BCUT2D eigenvalue weighted by Crippen LogP contribution is 2.22. The first-order chi connectivity index (χ1) is 5.75. The molecule has 0 spiro atoms. The third-order valence-corrected chi connectivity index (χ3v) is 2.13. The van der Waals surface area contributed by atoms with Gasteiger partial charge in [-0.25, -0.2) is 9.37 Å². The SMILES string of the molecule is Cc1cnc(C2CC(F)CN2)[nH]1. The maximum absolute atomic E-state index is 12.8. The van der Waals surface area contributed by atoms with Crippen LogP contribution in [-0.2, 0) is 0 Å². The lowest BCUT2D eigenvalue weighted by molar-refractivity contribution is 0.355. The minimum Gasteiger partial charge on any atom is -0.345 e. The molecular formula is C8H12FN3. The number of imidazole rings is 1. The van der Waals surface area contributed by atoms with Crippen LogP contribution in [0.1, 0.15) is 24.0 Å². The molecule has 12 heavy (non-hydrogen) atoms. The zero-order valence-electron chi connectivity index (χ0n) is 6.97. The van der Waals surface area contributed by atoms with Gasteiger partial charge in [-0.05, 0) is 6.92 Å². The summed E-state index contributed by atoms with van der Waals surface area (Å²) in [7, 11) is 0. The molecule has 1 fully saturated rings. The van der Waals surface area contributed by atoms with E-state index >= 15 is 0 Å². The van der Waals surface area contributed by atoms with Crippen LogP contribution in [0.25, 0.3) is 0 Å². The fourth-order valence-corrected chi connectivity index (χ4v) is 1.51. The molecule has 0 radical (unpaired) electrons. The number of rotatable bonds is 1. The normalized spacial score (nSPS) is 29.5. The summed E-state index contributed by atoms with van der Waals surface area (Å²) in [5.41, 5.74) is 1.02. The van der Waals surface area contributed by atoms with Gasteiger partial charge in [0, 0.05) is 24.9 Å². The molecule has 1 aromatic rings. The average molecular weight is 169 g/mol. The zero-order valence-corrected chi connectivity index (χ0v) is 6.97. The summed E-state index contributed by atoms with van der Waals surface area (Å²) >= 11 is 0. The van der Waals surface area contributed by atoms with E-state index in [-0.39, 0.29) is 6.04 Å². The Balaban J connectivity index is 2.11. The number of hydrogen-bond donors (Lipinski definition) is 2. The first-order valence-corrected chi connectivity index (χ1v) is 4.14. The van der Waals surface area contributed by atoms with Gasteiger partial charge in [0.25, 0.3) is 0 Å². The van der Waals surface area contributed by atoms with Gasteiger partial charge in [-0.3, -0.25) is 0 Å². The van der Waals surface area contributed by atoms with Crippen molar-refractivity contribution in [2.75, 3.05) is 6.54 Å². The fourth-order valence-electron chi connectivity index (χ4n) is 1.51. The number of halogens is 1. The molecule has 2 atom stereocenters. The summed E-state index contributed by atoms with van der Waals surface area (Å²) in [5, 5.41) is 3.07. The van der Waals surface area contributed by atoms with Crippen molar-refractivity contribution >= 4 is 0 Å². The molecular weight excluding hydrogens is 157 g/mol. The smallest absolute Gasteiger partial charge is 0.123 e. The third kappa shape index (κ3) is 1.34. The quantitative estimate of drug-likeness (QED) is 0.660.